The van der Waals surface area contributed by atoms with Gasteiger partial charge in [0, 0.05) is 31.7 Å². The Balaban J connectivity index is 2.09. The summed E-state index contributed by atoms with van der Waals surface area (Å²) in [5.74, 6) is 0.826. The van der Waals surface area contributed by atoms with Crippen LogP contribution in [-0.2, 0) is 13.1 Å². The second-order valence-corrected chi connectivity index (χ2v) is 4.73. The predicted molar refractivity (Wildman–Crippen MR) is 71.1 cm³/mol. The maximum Gasteiger partial charge on any atom is 0.205 e. The molecule has 1 heterocycles. The largest absolute Gasteiger partial charge is 0.346 e. The molecule has 0 saturated carbocycles. The number of benzene rings is 1. The van der Waals surface area contributed by atoms with E-state index in [-0.39, 0.29) is 0 Å². The van der Waals surface area contributed by atoms with E-state index in [0.717, 1.165) is 23.1 Å². The third kappa shape index (κ3) is 3.01. The molecular weight excluding hydrogens is 232 g/mol. The van der Waals surface area contributed by atoms with Gasteiger partial charge in [-0.05, 0) is 18.1 Å². The summed E-state index contributed by atoms with van der Waals surface area (Å²) >= 11 is 1.43. The predicted octanol–water partition coefficient (Wildman–Crippen LogP) is 1.94. The van der Waals surface area contributed by atoms with Crippen LogP contribution in [0.4, 0.5) is 5.13 Å². The molecule has 0 aliphatic rings. The third-order valence-corrected chi connectivity index (χ3v) is 3.41. The van der Waals surface area contributed by atoms with E-state index in [1.54, 1.807) is 0 Å². The molecule has 4 nitrogen and oxygen atoms in total. The molecule has 0 bridgehead atoms. The van der Waals surface area contributed by atoms with Crippen LogP contribution in [0.5, 0.6) is 0 Å². The summed E-state index contributed by atoms with van der Waals surface area (Å²) in [5.41, 5.74) is 8.03. The molecule has 0 atom stereocenters. The summed E-state index contributed by atoms with van der Waals surface area (Å²) in [6, 6.07) is 8.31. The molecule has 2 rings (SSSR count). The van der Waals surface area contributed by atoms with Gasteiger partial charge in [0.1, 0.15) is 5.82 Å². The van der Waals surface area contributed by atoms with Crippen LogP contribution in [0.3, 0.4) is 0 Å². The highest BCUT2D eigenvalue weighted by Gasteiger charge is 2.07. The van der Waals surface area contributed by atoms with E-state index in [0.29, 0.717) is 6.54 Å². The van der Waals surface area contributed by atoms with E-state index >= 15 is 0 Å². The Kier molecular flexibility index (Phi) is 3.71. The Bertz CT molecular complexity index is 495. The van der Waals surface area contributed by atoms with Crippen molar-refractivity contribution in [3.8, 4) is 0 Å². The summed E-state index contributed by atoms with van der Waals surface area (Å²) in [7, 11) is 2.02. The van der Waals surface area contributed by atoms with Crippen molar-refractivity contribution in [1.82, 2.24) is 9.36 Å². The molecule has 90 valence electrons. The zero-order valence-electron chi connectivity index (χ0n) is 10.1. The lowest BCUT2D eigenvalue weighted by Gasteiger charge is -2.15. The number of aromatic nitrogens is 2. The molecule has 0 spiro atoms. The molecule has 17 heavy (non-hydrogen) atoms. The van der Waals surface area contributed by atoms with Gasteiger partial charge in [-0.25, -0.2) is 4.98 Å². The minimum atomic E-state index is 0.579. The van der Waals surface area contributed by atoms with Gasteiger partial charge in [-0.2, -0.15) is 4.37 Å². The highest BCUT2D eigenvalue weighted by molar-refractivity contribution is 7.09. The lowest BCUT2D eigenvalue weighted by molar-refractivity contribution is 0.904. The average Bonchev–Trinajstić information content (AvgIpc) is 2.76. The zero-order valence-corrected chi connectivity index (χ0v) is 10.9. The second kappa shape index (κ2) is 5.25. The van der Waals surface area contributed by atoms with Gasteiger partial charge in [-0.15, -0.1) is 0 Å². The molecule has 0 radical (unpaired) electrons. The first-order valence-corrected chi connectivity index (χ1v) is 6.25. The summed E-state index contributed by atoms with van der Waals surface area (Å²) in [6.07, 6.45) is 0. The highest BCUT2D eigenvalue weighted by atomic mass is 32.1. The first-order valence-electron chi connectivity index (χ1n) is 5.48. The maximum atomic E-state index is 5.63. The number of anilines is 1. The van der Waals surface area contributed by atoms with Crippen LogP contribution in [0.25, 0.3) is 0 Å². The quantitative estimate of drug-likeness (QED) is 0.898. The number of rotatable bonds is 4. The van der Waals surface area contributed by atoms with Crippen LogP contribution < -0.4 is 10.6 Å². The molecule has 2 aromatic rings. The monoisotopic (exact) mass is 248 g/mol. The smallest absolute Gasteiger partial charge is 0.205 e. The van der Waals surface area contributed by atoms with Crippen LogP contribution >= 0.6 is 11.5 Å². The van der Waals surface area contributed by atoms with Gasteiger partial charge in [-0.1, -0.05) is 24.3 Å². The summed E-state index contributed by atoms with van der Waals surface area (Å²) in [6.45, 7) is 3.31. The van der Waals surface area contributed by atoms with Crippen molar-refractivity contribution in [2.45, 2.75) is 20.0 Å². The van der Waals surface area contributed by atoms with Crippen molar-refractivity contribution in [2.24, 2.45) is 5.73 Å². The lowest BCUT2D eigenvalue weighted by atomic mass is 10.1. The highest BCUT2D eigenvalue weighted by Crippen LogP contribution is 2.18. The van der Waals surface area contributed by atoms with E-state index < -0.39 is 0 Å². The van der Waals surface area contributed by atoms with Crippen molar-refractivity contribution in [3.63, 3.8) is 0 Å². The normalized spacial score (nSPS) is 10.5. The Labute approximate surface area is 105 Å². The lowest BCUT2D eigenvalue weighted by Crippen LogP contribution is -2.16. The molecule has 2 N–H and O–H groups in total. The Hall–Kier alpha value is -1.46. The van der Waals surface area contributed by atoms with Gasteiger partial charge < -0.3 is 10.6 Å². The Morgan fingerprint density at radius 2 is 2.12 bits per heavy atom. The van der Waals surface area contributed by atoms with Gasteiger partial charge >= 0.3 is 0 Å². The van der Waals surface area contributed by atoms with E-state index in [9.17, 15) is 0 Å². The van der Waals surface area contributed by atoms with Crippen LogP contribution in [0.15, 0.2) is 24.3 Å². The zero-order chi connectivity index (χ0) is 12.3. The van der Waals surface area contributed by atoms with Crippen LogP contribution in [0.2, 0.25) is 0 Å². The van der Waals surface area contributed by atoms with E-state index in [4.69, 9.17) is 5.73 Å². The number of hydrogen-bond acceptors (Lipinski definition) is 5. The molecule has 0 saturated heterocycles. The number of aryl methyl sites for hydroxylation is 1. The van der Waals surface area contributed by atoms with Crippen molar-refractivity contribution in [3.05, 3.63) is 41.2 Å². The molecule has 0 amide bonds. The van der Waals surface area contributed by atoms with E-state index in [2.05, 4.69) is 26.4 Å². The molecule has 5 heteroatoms. The molecule has 0 aliphatic carbocycles. The average molecular weight is 248 g/mol. The number of hydrogen-bond donors (Lipinski definition) is 1. The summed E-state index contributed by atoms with van der Waals surface area (Å²) in [5, 5.41) is 0.945. The Morgan fingerprint density at radius 3 is 2.76 bits per heavy atom. The van der Waals surface area contributed by atoms with Gasteiger partial charge in [0.15, 0.2) is 0 Å². The second-order valence-electron chi connectivity index (χ2n) is 4.00. The standard InChI is InChI=1S/C12H16N4S/c1-9-14-12(17-15-9)16(2)8-11-5-3-4-10(6-11)7-13/h3-6H,7-8,13H2,1-2H3. The molecule has 0 aliphatic heterocycles. The molecule has 0 fully saturated rings. The van der Waals surface area contributed by atoms with E-state index in [1.165, 1.54) is 17.1 Å². The Morgan fingerprint density at radius 1 is 1.35 bits per heavy atom. The summed E-state index contributed by atoms with van der Waals surface area (Å²) < 4.78 is 4.18. The number of nitrogens with two attached hydrogens (primary N) is 1. The van der Waals surface area contributed by atoms with E-state index in [1.807, 2.05) is 26.1 Å². The van der Waals surface area contributed by atoms with Crippen LogP contribution in [0, 0.1) is 6.92 Å². The molecular formula is C12H16N4S. The third-order valence-electron chi connectivity index (χ3n) is 2.49. The minimum absolute atomic E-state index is 0.579. The fourth-order valence-electron chi connectivity index (χ4n) is 1.64. The fourth-order valence-corrected chi connectivity index (χ4v) is 2.27. The first-order chi connectivity index (χ1) is 8.19. The number of nitrogens with zero attached hydrogens (tertiary/aromatic N) is 3. The van der Waals surface area contributed by atoms with Crippen molar-refractivity contribution in [2.75, 3.05) is 11.9 Å². The van der Waals surface area contributed by atoms with Crippen molar-refractivity contribution in [1.29, 1.82) is 0 Å². The fraction of sp³-hybridized carbons (Fsp3) is 0.333. The SMILES string of the molecule is Cc1nsc(N(C)Cc2cccc(CN)c2)n1. The first kappa shape index (κ1) is 12.0. The van der Waals surface area contributed by atoms with Gasteiger partial charge in [0.2, 0.25) is 5.13 Å². The van der Waals surface area contributed by atoms with Crippen LogP contribution in [-0.4, -0.2) is 16.4 Å². The topological polar surface area (TPSA) is 55.0 Å². The molecule has 1 aromatic carbocycles. The maximum absolute atomic E-state index is 5.63. The van der Waals surface area contributed by atoms with Crippen LogP contribution in [0.1, 0.15) is 17.0 Å². The van der Waals surface area contributed by atoms with Gasteiger partial charge in [0.25, 0.3) is 0 Å². The van der Waals surface area contributed by atoms with Gasteiger partial charge in [-0.3, -0.25) is 0 Å². The minimum Gasteiger partial charge on any atom is -0.346 e. The van der Waals surface area contributed by atoms with Gasteiger partial charge in [0.05, 0.1) is 0 Å². The molecule has 1 aromatic heterocycles. The summed E-state index contributed by atoms with van der Waals surface area (Å²) in [4.78, 5) is 6.46. The molecule has 0 unspecified atom stereocenters. The van der Waals surface area contributed by atoms with Crippen molar-refractivity contribution < 1.29 is 0 Å². The van der Waals surface area contributed by atoms with Crippen molar-refractivity contribution >= 4 is 16.7 Å².